The fourth-order valence-corrected chi connectivity index (χ4v) is 9.98. The maximum absolute atomic E-state index is 13.0. The number of nitrogens with zero attached hydrogens (tertiary/aromatic N) is 2. The van der Waals surface area contributed by atoms with Gasteiger partial charge in [0, 0.05) is 41.1 Å². The molecule has 0 bridgehead atoms. The van der Waals surface area contributed by atoms with Crippen molar-refractivity contribution in [1.82, 2.24) is 9.88 Å². The number of fused-ring (bicyclic) bond motifs is 4. The summed E-state index contributed by atoms with van der Waals surface area (Å²) in [4.78, 5) is 19.6. The molecule has 4 atom stereocenters. The van der Waals surface area contributed by atoms with Gasteiger partial charge < -0.3 is 29.5 Å². The van der Waals surface area contributed by atoms with Crippen LogP contribution in [-0.2, 0) is 23.1 Å². The van der Waals surface area contributed by atoms with Gasteiger partial charge in [-0.05, 0) is 148 Å². The van der Waals surface area contributed by atoms with E-state index in [0.29, 0.717) is 80.1 Å². The van der Waals surface area contributed by atoms with E-state index in [2.05, 4.69) is 36.3 Å². The number of aryl methyl sites for hydroxylation is 1. The molecule has 2 heterocycles. The molecule has 2 N–H and O–H groups in total. The number of aliphatic carboxylic acids is 1. The highest BCUT2D eigenvalue weighted by Crippen LogP contribution is 2.58. The highest BCUT2D eigenvalue weighted by Gasteiger charge is 2.54. The van der Waals surface area contributed by atoms with Crippen molar-refractivity contribution in [3.63, 3.8) is 0 Å². The average molecular weight is 784 g/mol. The summed E-state index contributed by atoms with van der Waals surface area (Å²) in [6.07, 6.45) is 3.75. The van der Waals surface area contributed by atoms with Crippen molar-refractivity contribution in [2.45, 2.75) is 114 Å². The zero-order valence-corrected chi connectivity index (χ0v) is 32.8. The summed E-state index contributed by atoms with van der Waals surface area (Å²) in [5.41, 5.74) is 4.02. The SMILES string of the molecule is C[C@@H](COc1ccnc2c1[C@H](C)CCC2)C[C@H]1Cc2cc3c(cc2C12CCC(Nc1cccc(Cl)c1)(C(=O)O)CC2)O[C@H](CN(C)CCCC(F)(F)F)CO3. The number of likely N-dealkylation sites (N-methyl/N-ethyl adjacent to an activating group) is 1. The van der Waals surface area contributed by atoms with Crippen LogP contribution in [0, 0.1) is 11.8 Å². The molecular weight excluding hydrogens is 731 g/mol. The number of aromatic nitrogens is 1. The summed E-state index contributed by atoms with van der Waals surface area (Å²) in [5, 5.41) is 14.6. The van der Waals surface area contributed by atoms with Gasteiger partial charge in [-0.15, -0.1) is 0 Å². The molecule has 298 valence electrons. The van der Waals surface area contributed by atoms with Gasteiger partial charge in [-0.1, -0.05) is 31.5 Å². The van der Waals surface area contributed by atoms with Gasteiger partial charge in [0.05, 0.1) is 6.61 Å². The number of benzene rings is 2. The first-order valence-corrected chi connectivity index (χ1v) is 20.2. The molecule has 55 heavy (non-hydrogen) atoms. The van der Waals surface area contributed by atoms with Crippen LogP contribution in [0.1, 0.15) is 99.9 Å². The zero-order chi connectivity index (χ0) is 39.0. The summed E-state index contributed by atoms with van der Waals surface area (Å²) in [7, 11) is 1.81. The number of carbonyl (C=O) groups is 1. The minimum atomic E-state index is -4.17. The van der Waals surface area contributed by atoms with Crippen molar-refractivity contribution in [3.8, 4) is 17.2 Å². The molecule has 3 aliphatic carbocycles. The second-order valence-electron chi connectivity index (χ2n) is 16.7. The van der Waals surface area contributed by atoms with Crippen molar-refractivity contribution in [1.29, 1.82) is 0 Å². The fourth-order valence-electron chi connectivity index (χ4n) is 9.79. The number of pyridine rings is 1. The lowest BCUT2D eigenvalue weighted by Crippen LogP contribution is -2.53. The lowest BCUT2D eigenvalue weighted by molar-refractivity contribution is -0.144. The maximum Gasteiger partial charge on any atom is 0.389 e. The Morgan fingerprint density at radius 1 is 1.16 bits per heavy atom. The molecule has 0 radical (unpaired) electrons. The van der Waals surface area contributed by atoms with Crippen LogP contribution in [0.25, 0.3) is 0 Å². The van der Waals surface area contributed by atoms with Crippen molar-refractivity contribution < 1.29 is 37.3 Å². The standard InChI is InChI=1S/C43H53ClF3N3O5/c1-27(25-53-36-11-17-48-35-10-4-7-28(2)39(35)36)19-30-20-29-21-37-38(55-33(26-54-37)24-50(3)18-6-12-43(45,46)47)23-34(29)41(30)13-15-42(16-14-41,40(51)52)49-32-9-5-8-31(44)22-32/h5,8-9,11,17,21-23,27-28,30,33,49H,4,6-7,10,12-16,18-20,24-26H2,1-3H3,(H,51,52)/t27-,28-,30+,33-,41?,42?/m1/s1. The van der Waals surface area contributed by atoms with Crippen LogP contribution in [-0.4, -0.2) is 72.1 Å². The molecule has 0 unspecified atom stereocenters. The normalized spacial score (nSPS) is 26.4. The number of hydrogen-bond donors (Lipinski definition) is 2. The van der Waals surface area contributed by atoms with Crippen molar-refractivity contribution >= 4 is 23.3 Å². The number of halogens is 4. The van der Waals surface area contributed by atoms with E-state index in [9.17, 15) is 23.1 Å². The largest absolute Gasteiger partial charge is 0.493 e. The number of nitrogens with one attached hydrogen (secondary N) is 1. The molecule has 1 aromatic heterocycles. The molecule has 4 aliphatic rings. The Kier molecular flexibility index (Phi) is 11.5. The number of ether oxygens (including phenoxy) is 3. The number of carboxylic acids is 1. The van der Waals surface area contributed by atoms with Crippen molar-refractivity contribution in [3.05, 3.63) is 76.1 Å². The van der Waals surface area contributed by atoms with Gasteiger partial charge in [-0.3, -0.25) is 4.98 Å². The van der Waals surface area contributed by atoms with Crippen LogP contribution >= 0.6 is 11.6 Å². The highest BCUT2D eigenvalue weighted by atomic mass is 35.5. The van der Waals surface area contributed by atoms with Gasteiger partial charge in [-0.2, -0.15) is 13.2 Å². The molecular formula is C43H53ClF3N3O5. The van der Waals surface area contributed by atoms with Gasteiger partial charge in [0.25, 0.3) is 0 Å². The first-order chi connectivity index (χ1) is 26.2. The summed E-state index contributed by atoms with van der Waals surface area (Å²) < 4.78 is 57.6. The third kappa shape index (κ3) is 8.68. The van der Waals surface area contributed by atoms with E-state index in [-0.39, 0.29) is 29.8 Å². The Bertz CT molecular complexity index is 1850. The van der Waals surface area contributed by atoms with Gasteiger partial charge >= 0.3 is 12.1 Å². The molecule has 1 fully saturated rings. The molecule has 1 aliphatic heterocycles. The Hall–Kier alpha value is -3.70. The van der Waals surface area contributed by atoms with Crippen LogP contribution in [0.5, 0.6) is 17.2 Å². The lowest BCUT2D eigenvalue weighted by Gasteiger charge is -2.47. The zero-order valence-electron chi connectivity index (χ0n) is 32.0. The van der Waals surface area contributed by atoms with Crippen LogP contribution in [0.4, 0.5) is 18.9 Å². The fraction of sp³-hybridized carbons (Fsp3) is 0.581. The predicted octanol–water partition coefficient (Wildman–Crippen LogP) is 9.61. The smallest absolute Gasteiger partial charge is 0.389 e. The van der Waals surface area contributed by atoms with Crippen LogP contribution in [0.2, 0.25) is 5.02 Å². The van der Waals surface area contributed by atoms with E-state index in [0.717, 1.165) is 43.5 Å². The monoisotopic (exact) mass is 783 g/mol. The molecule has 1 spiro atoms. The Morgan fingerprint density at radius 3 is 2.71 bits per heavy atom. The lowest BCUT2D eigenvalue weighted by atomic mass is 9.59. The summed E-state index contributed by atoms with van der Waals surface area (Å²) >= 11 is 6.28. The maximum atomic E-state index is 13.0. The average Bonchev–Trinajstić information content (AvgIpc) is 3.40. The molecule has 7 rings (SSSR count). The summed E-state index contributed by atoms with van der Waals surface area (Å²) in [6.45, 7) is 6.12. The second-order valence-corrected chi connectivity index (χ2v) is 17.1. The minimum absolute atomic E-state index is 0.0267. The van der Waals surface area contributed by atoms with Gasteiger partial charge in [-0.25, -0.2) is 4.79 Å². The van der Waals surface area contributed by atoms with Crippen molar-refractivity contribution in [2.24, 2.45) is 11.8 Å². The van der Waals surface area contributed by atoms with Gasteiger partial charge in [0.2, 0.25) is 0 Å². The van der Waals surface area contributed by atoms with Gasteiger partial charge in [0.15, 0.2) is 11.5 Å². The predicted molar refractivity (Wildman–Crippen MR) is 207 cm³/mol. The first-order valence-electron chi connectivity index (χ1n) is 19.8. The second kappa shape index (κ2) is 16.0. The third-order valence-electron chi connectivity index (χ3n) is 12.6. The van der Waals surface area contributed by atoms with Crippen LogP contribution < -0.4 is 19.5 Å². The molecule has 0 saturated heterocycles. The number of rotatable bonds is 13. The molecule has 3 aromatic rings. The van der Waals surface area contributed by atoms with E-state index < -0.39 is 24.1 Å². The quantitative estimate of drug-likeness (QED) is 0.177. The van der Waals surface area contributed by atoms with E-state index >= 15 is 0 Å². The number of carboxylic acid groups (broad SMARTS) is 1. The van der Waals surface area contributed by atoms with E-state index in [4.69, 9.17) is 25.8 Å². The van der Waals surface area contributed by atoms with E-state index in [1.807, 2.05) is 29.3 Å². The number of anilines is 1. The molecule has 0 amide bonds. The molecule has 1 saturated carbocycles. The Morgan fingerprint density at radius 2 is 1.96 bits per heavy atom. The summed E-state index contributed by atoms with van der Waals surface area (Å²) in [6, 6.07) is 13.4. The first kappa shape index (κ1) is 39.5. The highest BCUT2D eigenvalue weighted by molar-refractivity contribution is 6.30. The van der Waals surface area contributed by atoms with E-state index in [1.54, 1.807) is 19.2 Å². The number of alkyl halides is 3. The summed E-state index contributed by atoms with van der Waals surface area (Å²) in [5.74, 6) is 2.26. The molecule has 12 heteroatoms. The van der Waals surface area contributed by atoms with Crippen molar-refractivity contribution in [2.75, 3.05) is 38.7 Å². The third-order valence-corrected chi connectivity index (χ3v) is 12.8. The minimum Gasteiger partial charge on any atom is -0.493 e. The van der Waals surface area contributed by atoms with E-state index in [1.165, 1.54) is 16.7 Å². The topological polar surface area (TPSA) is 93.2 Å². The molecule has 2 aromatic carbocycles. The van der Waals surface area contributed by atoms with Gasteiger partial charge in [0.1, 0.15) is 24.0 Å². The van der Waals surface area contributed by atoms with Crippen LogP contribution in [0.15, 0.2) is 48.7 Å². The Balaban J connectivity index is 1.11. The molecule has 8 nitrogen and oxygen atoms in total. The number of hydrogen-bond acceptors (Lipinski definition) is 7. The Labute approximate surface area is 327 Å². The van der Waals surface area contributed by atoms with Crippen LogP contribution in [0.3, 0.4) is 0 Å².